The molecule has 116 valence electrons. The minimum atomic E-state index is -0.724. The standard InChI is InChI=1S/C18H27NO2/c1-14-4-6-15(7-5-14)12-16(20)19-13-18(21)10-8-17(2,3)9-11-18/h4-7,21H,8-13H2,1-3H3,(H,19,20). The van der Waals surface area contributed by atoms with Crippen LogP contribution in [0.25, 0.3) is 0 Å². The Morgan fingerprint density at radius 1 is 1.14 bits per heavy atom. The molecular formula is C18H27NO2. The van der Waals surface area contributed by atoms with Crippen molar-refractivity contribution in [3.63, 3.8) is 0 Å². The lowest BCUT2D eigenvalue weighted by Gasteiger charge is -2.40. The zero-order valence-corrected chi connectivity index (χ0v) is 13.4. The highest BCUT2D eigenvalue weighted by Crippen LogP contribution is 2.39. The van der Waals surface area contributed by atoms with Gasteiger partial charge in [0.1, 0.15) is 0 Å². The Hall–Kier alpha value is -1.35. The molecule has 2 rings (SSSR count). The molecule has 1 amide bonds. The number of carbonyl (C=O) groups is 1. The van der Waals surface area contributed by atoms with Gasteiger partial charge in [-0.05, 0) is 43.6 Å². The van der Waals surface area contributed by atoms with Gasteiger partial charge < -0.3 is 10.4 Å². The Morgan fingerprint density at radius 3 is 2.29 bits per heavy atom. The minimum absolute atomic E-state index is 0.0166. The summed E-state index contributed by atoms with van der Waals surface area (Å²) >= 11 is 0. The van der Waals surface area contributed by atoms with Crippen LogP contribution in [-0.2, 0) is 11.2 Å². The summed E-state index contributed by atoms with van der Waals surface area (Å²) in [5, 5.41) is 13.4. The first-order valence-electron chi connectivity index (χ1n) is 7.83. The van der Waals surface area contributed by atoms with E-state index in [-0.39, 0.29) is 5.91 Å². The van der Waals surface area contributed by atoms with E-state index in [0.29, 0.717) is 18.4 Å². The van der Waals surface area contributed by atoms with E-state index in [4.69, 9.17) is 0 Å². The van der Waals surface area contributed by atoms with Gasteiger partial charge in [0.25, 0.3) is 0 Å². The number of hydrogen-bond donors (Lipinski definition) is 2. The van der Waals surface area contributed by atoms with Gasteiger partial charge in [-0.3, -0.25) is 4.79 Å². The minimum Gasteiger partial charge on any atom is -0.388 e. The monoisotopic (exact) mass is 289 g/mol. The quantitative estimate of drug-likeness (QED) is 0.895. The Balaban J connectivity index is 1.80. The number of amides is 1. The van der Waals surface area contributed by atoms with Gasteiger partial charge in [-0.15, -0.1) is 0 Å². The van der Waals surface area contributed by atoms with E-state index in [2.05, 4.69) is 19.2 Å². The number of nitrogens with one attached hydrogen (secondary N) is 1. The lowest BCUT2D eigenvalue weighted by molar-refractivity contribution is -0.122. The van der Waals surface area contributed by atoms with Crippen LogP contribution < -0.4 is 5.32 Å². The van der Waals surface area contributed by atoms with Crippen molar-refractivity contribution in [2.45, 2.75) is 58.5 Å². The van der Waals surface area contributed by atoms with Crippen molar-refractivity contribution in [2.24, 2.45) is 5.41 Å². The van der Waals surface area contributed by atoms with Crippen LogP contribution in [0.5, 0.6) is 0 Å². The molecule has 1 saturated carbocycles. The molecule has 0 unspecified atom stereocenters. The Labute approximate surface area is 127 Å². The molecule has 21 heavy (non-hydrogen) atoms. The Morgan fingerprint density at radius 2 is 1.71 bits per heavy atom. The van der Waals surface area contributed by atoms with Crippen LogP contribution in [0.4, 0.5) is 0 Å². The third kappa shape index (κ3) is 4.85. The number of rotatable bonds is 4. The van der Waals surface area contributed by atoms with Gasteiger partial charge in [-0.2, -0.15) is 0 Å². The molecule has 0 aromatic heterocycles. The van der Waals surface area contributed by atoms with Crippen LogP contribution in [0.15, 0.2) is 24.3 Å². The van der Waals surface area contributed by atoms with Gasteiger partial charge in [-0.1, -0.05) is 43.7 Å². The zero-order chi connectivity index (χ0) is 15.5. The lowest BCUT2D eigenvalue weighted by atomic mass is 9.71. The highest BCUT2D eigenvalue weighted by Gasteiger charge is 2.36. The van der Waals surface area contributed by atoms with E-state index in [1.54, 1.807) is 0 Å². The second kappa shape index (κ2) is 6.18. The van der Waals surface area contributed by atoms with Gasteiger partial charge in [0.2, 0.25) is 5.91 Å². The van der Waals surface area contributed by atoms with Gasteiger partial charge in [0.05, 0.1) is 12.0 Å². The summed E-state index contributed by atoms with van der Waals surface area (Å²) in [7, 11) is 0. The van der Waals surface area contributed by atoms with Crippen LogP contribution in [0.1, 0.15) is 50.7 Å². The predicted octanol–water partition coefficient (Wildman–Crippen LogP) is 2.99. The molecule has 2 N–H and O–H groups in total. The fourth-order valence-electron chi connectivity index (χ4n) is 2.79. The number of carbonyl (C=O) groups excluding carboxylic acids is 1. The molecular weight excluding hydrogens is 262 g/mol. The predicted molar refractivity (Wildman–Crippen MR) is 85.1 cm³/mol. The maximum absolute atomic E-state index is 12.0. The third-order valence-corrected chi connectivity index (χ3v) is 4.63. The maximum Gasteiger partial charge on any atom is 0.224 e. The molecule has 3 heteroatoms. The highest BCUT2D eigenvalue weighted by molar-refractivity contribution is 5.78. The lowest BCUT2D eigenvalue weighted by Crippen LogP contribution is -2.46. The first-order chi connectivity index (χ1) is 9.78. The molecule has 0 aliphatic heterocycles. The normalized spacial score (nSPS) is 20.0. The summed E-state index contributed by atoms with van der Waals surface area (Å²) in [5.74, 6) is -0.0166. The summed E-state index contributed by atoms with van der Waals surface area (Å²) in [6, 6.07) is 7.98. The van der Waals surface area contributed by atoms with Crippen LogP contribution >= 0.6 is 0 Å². The molecule has 1 aliphatic carbocycles. The average molecular weight is 289 g/mol. The first kappa shape index (κ1) is 16.0. The van der Waals surface area contributed by atoms with E-state index in [1.165, 1.54) is 5.56 Å². The maximum atomic E-state index is 12.0. The van der Waals surface area contributed by atoms with E-state index >= 15 is 0 Å². The molecule has 0 heterocycles. The summed E-state index contributed by atoms with van der Waals surface area (Å²) in [4.78, 5) is 12.0. The molecule has 1 aromatic carbocycles. The van der Waals surface area contributed by atoms with Crippen LogP contribution in [0.3, 0.4) is 0 Å². The van der Waals surface area contributed by atoms with E-state index < -0.39 is 5.60 Å². The van der Waals surface area contributed by atoms with E-state index in [1.807, 2.05) is 31.2 Å². The van der Waals surface area contributed by atoms with Crippen molar-refractivity contribution in [3.8, 4) is 0 Å². The highest BCUT2D eigenvalue weighted by atomic mass is 16.3. The van der Waals surface area contributed by atoms with Crippen molar-refractivity contribution in [3.05, 3.63) is 35.4 Å². The van der Waals surface area contributed by atoms with Crippen LogP contribution in [-0.4, -0.2) is 23.2 Å². The van der Waals surface area contributed by atoms with Gasteiger partial charge >= 0.3 is 0 Å². The SMILES string of the molecule is Cc1ccc(CC(=O)NCC2(O)CCC(C)(C)CC2)cc1. The van der Waals surface area contributed by atoms with Gasteiger partial charge in [-0.25, -0.2) is 0 Å². The van der Waals surface area contributed by atoms with E-state index in [0.717, 1.165) is 31.2 Å². The molecule has 1 aromatic rings. The second-order valence-corrected chi connectivity index (χ2v) is 7.33. The van der Waals surface area contributed by atoms with Gasteiger partial charge in [0, 0.05) is 6.54 Å². The van der Waals surface area contributed by atoms with Crippen molar-refractivity contribution in [1.29, 1.82) is 0 Å². The van der Waals surface area contributed by atoms with Crippen molar-refractivity contribution < 1.29 is 9.90 Å². The fraction of sp³-hybridized carbons (Fsp3) is 0.611. The molecule has 1 aliphatic rings. The fourth-order valence-corrected chi connectivity index (χ4v) is 2.79. The molecule has 0 atom stereocenters. The summed E-state index contributed by atoms with van der Waals surface area (Å²) in [6.45, 7) is 6.88. The second-order valence-electron chi connectivity index (χ2n) is 7.33. The largest absolute Gasteiger partial charge is 0.388 e. The molecule has 0 spiro atoms. The number of hydrogen-bond acceptors (Lipinski definition) is 2. The molecule has 3 nitrogen and oxygen atoms in total. The molecule has 0 radical (unpaired) electrons. The number of benzene rings is 1. The van der Waals surface area contributed by atoms with Crippen molar-refractivity contribution in [1.82, 2.24) is 5.32 Å². The summed E-state index contributed by atoms with van der Waals surface area (Å²) < 4.78 is 0. The smallest absolute Gasteiger partial charge is 0.224 e. The molecule has 0 saturated heterocycles. The van der Waals surface area contributed by atoms with Crippen LogP contribution in [0, 0.1) is 12.3 Å². The number of aryl methyl sites for hydroxylation is 1. The van der Waals surface area contributed by atoms with Crippen molar-refractivity contribution in [2.75, 3.05) is 6.54 Å². The third-order valence-electron chi connectivity index (χ3n) is 4.63. The molecule has 0 bridgehead atoms. The number of aliphatic hydroxyl groups is 1. The van der Waals surface area contributed by atoms with E-state index in [9.17, 15) is 9.90 Å². The molecule has 1 fully saturated rings. The summed E-state index contributed by atoms with van der Waals surface area (Å²) in [5.41, 5.74) is 1.80. The Bertz CT molecular complexity index is 480. The average Bonchev–Trinajstić information content (AvgIpc) is 2.43. The topological polar surface area (TPSA) is 49.3 Å². The van der Waals surface area contributed by atoms with Crippen LogP contribution in [0.2, 0.25) is 0 Å². The Kier molecular flexibility index (Phi) is 4.72. The summed E-state index contributed by atoms with van der Waals surface area (Å²) in [6.07, 6.45) is 3.94. The zero-order valence-electron chi connectivity index (χ0n) is 13.4. The first-order valence-corrected chi connectivity index (χ1v) is 7.83. The van der Waals surface area contributed by atoms with Gasteiger partial charge in [0.15, 0.2) is 0 Å². The van der Waals surface area contributed by atoms with Crippen molar-refractivity contribution >= 4 is 5.91 Å².